The average Bonchev–Trinajstić information content (AvgIpc) is 2.85. The van der Waals surface area contributed by atoms with Crippen molar-refractivity contribution in [2.75, 3.05) is 6.54 Å². The Morgan fingerprint density at radius 2 is 2.15 bits per heavy atom. The molecule has 13 heavy (non-hydrogen) atoms. The molecule has 2 rings (SSSR count). The van der Waals surface area contributed by atoms with Crippen molar-refractivity contribution in [3.63, 3.8) is 0 Å². The summed E-state index contributed by atoms with van der Waals surface area (Å²) in [7, 11) is 0. The van der Waals surface area contributed by atoms with Gasteiger partial charge < -0.3 is 5.73 Å². The molecule has 1 aliphatic carbocycles. The molecule has 0 bridgehead atoms. The van der Waals surface area contributed by atoms with E-state index in [9.17, 15) is 0 Å². The predicted molar refractivity (Wildman–Crippen MR) is 58.6 cm³/mol. The third kappa shape index (κ3) is 2.83. The summed E-state index contributed by atoms with van der Waals surface area (Å²) in [6.07, 6.45) is 3.08. The van der Waals surface area contributed by atoms with Gasteiger partial charge in [-0.2, -0.15) is 0 Å². The largest absolute Gasteiger partial charge is 0.330 e. The third-order valence-corrected chi connectivity index (χ3v) is 2.29. The second kappa shape index (κ2) is 5.43. The minimum Gasteiger partial charge on any atom is -0.330 e. The Balaban J connectivity index is 0.000000720. The molecular formula is C9H14Cl2N2. The van der Waals surface area contributed by atoms with E-state index in [4.69, 9.17) is 5.73 Å². The van der Waals surface area contributed by atoms with E-state index < -0.39 is 0 Å². The summed E-state index contributed by atoms with van der Waals surface area (Å²) in [6.45, 7) is 0.807. The third-order valence-electron chi connectivity index (χ3n) is 2.29. The van der Waals surface area contributed by atoms with Crippen molar-refractivity contribution in [2.45, 2.75) is 12.3 Å². The number of nitrogens with zero attached hydrogens (tertiary/aromatic N) is 1. The molecule has 2 atom stereocenters. The summed E-state index contributed by atoms with van der Waals surface area (Å²) in [5, 5.41) is 0. The Kier molecular flexibility index (Phi) is 5.30. The number of rotatable bonds is 2. The number of hydrogen-bond acceptors (Lipinski definition) is 2. The van der Waals surface area contributed by atoms with E-state index in [1.54, 1.807) is 0 Å². The standard InChI is InChI=1S/C9H12N2.2ClH/c10-6-7-5-8(7)9-3-1-2-4-11-9;;/h1-4,7-8H,5-6,10H2;2*1H. The van der Waals surface area contributed by atoms with Crippen LogP contribution in [-0.4, -0.2) is 11.5 Å². The fraction of sp³-hybridized carbons (Fsp3) is 0.444. The van der Waals surface area contributed by atoms with Gasteiger partial charge in [0.05, 0.1) is 0 Å². The molecule has 0 aliphatic heterocycles. The van der Waals surface area contributed by atoms with E-state index in [0.29, 0.717) is 11.8 Å². The quantitative estimate of drug-likeness (QED) is 0.829. The summed E-state index contributed by atoms with van der Waals surface area (Å²) in [6, 6.07) is 6.07. The maximum absolute atomic E-state index is 5.53. The number of hydrogen-bond donors (Lipinski definition) is 1. The number of pyridine rings is 1. The van der Waals surface area contributed by atoms with E-state index in [1.165, 1.54) is 12.1 Å². The molecule has 2 unspecified atom stereocenters. The van der Waals surface area contributed by atoms with Gasteiger partial charge in [-0.3, -0.25) is 4.98 Å². The smallest absolute Gasteiger partial charge is 0.0437 e. The first kappa shape index (κ1) is 12.7. The Morgan fingerprint density at radius 3 is 2.62 bits per heavy atom. The van der Waals surface area contributed by atoms with E-state index in [0.717, 1.165) is 6.54 Å². The molecule has 74 valence electrons. The van der Waals surface area contributed by atoms with Gasteiger partial charge in [-0.05, 0) is 31.0 Å². The zero-order valence-corrected chi connectivity index (χ0v) is 8.85. The first-order chi connectivity index (χ1) is 5.42. The van der Waals surface area contributed by atoms with Crippen molar-refractivity contribution in [3.05, 3.63) is 30.1 Å². The zero-order chi connectivity index (χ0) is 7.68. The maximum atomic E-state index is 5.53. The normalized spacial score (nSPS) is 24.1. The second-order valence-electron chi connectivity index (χ2n) is 3.09. The van der Waals surface area contributed by atoms with Crippen LogP contribution >= 0.6 is 24.8 Å². The highest BCUT2D eigenvalue weighted by Gasteiger charge is 2.37. The molecule has 0 amide bonds. The highest BCUT2D eigenvalue weighted by molar-refractivity contribution is 5.85. The summed E-state index contributed by atoms with van der Waals surface area (Å²) < 4.78 is 0. The molecule has 1 saturated carbocycles. The summed E-state index contributed by atoms with van der Waals surface area (Å²) in [5.74, 6) is 1.35. The molecular weight excluding hydrogens is 207 g/mol. The van der Waals surface area contributed by atoms with Gasteiger partial charge in [0.2, 0.25) is 0 Å². The van der Waals surface area contributed by atoms with Crippen molar-refractivity contribution in [1.29, 1.82) is 0 Å². The van der Waals surface area contributed by atoms with Gasteiger partial charge in [0.1, 0.15) is 0 Å². The molecule has 0 saturated heterocycles. The molecule has 4 heteroatoms. The molecule has 0 spiro atoms. The van der Waals surface area contributed by atoms with E-state index in [-0.39, 0.29) is 24.8 Å². The van der Waals surface area contributed by atoms with Crippen molar-refractivity contribution in [2.24, 2.45) is 11.7 Å². The first-order valence-electron chi connectivity index (χ1n) is 4.03. The van der Waals surface area contributed by atoms with Crippen LogP contribution in [0.15, 0.2) is 24.4 Å². The minimum absolute atomic E-state index is 0. The monoisotopic (exact) mass is 220 g/mol. The van der Waals surface area contributed by atoms with Crippen LogP contribution in [0.2, 0.25) is 0 Å². The topological polar surface area (TPSA) is 38.9 Å². The van der Waals surface area contributed by atoms with Gasteiger partial charge in [0.25, 0.3) is 0 Å². The van der Waals surface area contributed by atoms with E-state index in [1.807, 2.05) is 18.3 Å². The van der Waals surface area contributed by atoms with Crippen molar-refractivity contribution >= 4 is 24.8 Å². The Morgan fingerprint density at radius 1 is 1.38 bits per heavy atom. The van der Waals surface area contributed by atoms with Crippen molar-refractivity contribution in [1.82, 2.24) is 4.98 Å². The van der Waals surface area contributed by atoms with Gasteiger partial charge >= 0.3 is 0 Å². The lowest BCUT2D eigenvalue weighted by atomic mass is 10.2. The Bertz CT molecular complexity index is 241. The van der Waals surface area contributed by atoms with Crippen molar-refractivity contribution in [3.8, 4) is 0 Å². The van der Waals surface area contributed by atoms with Gasteiger partial charge in [-0.25, -0.2) is 0 Å². The van der Waals surface area contributed by atoms with E-state index >= 15 is 0 Å². The Labute approximate surface area is 90.8 Å². The number of nitrogens with two attached hydrogens (primary N) is 1. The molecule has 1 fully saturated rings. The van der Waals surface area contributed by atoms with Crippen LogP contribution < -0.4 is 5.73 Å². The molecule has 0 aromatic carbocycles. The number of halogens is 2. The summed E-state index contributed by atoms with van der Waals surface area (Å²) in [4.78, 5) is 4.28. The molecule has 1 aliphatic rings. The fourth-order valence-corrected chi connectivity index (χ4v) is 1.47. The fourth-order valence-electron chi connectivity index (χ4n) is 1.47. The average molecular weight is 221 g/mol. The summed E-state index contributed by atoms with van der Waals surface area (Å²) >= 11 is 0. The Hall–Kier alpha value is -0.310. The SMILES string of the molecule is Cl.Cl.NCC1CC1c1ccccn1. The minimum atomic E-state index is 0. The van der Waals surface area contributed by atoms with Crippen LogP contribution in [-0.2, 0) is 0 Å². The lowest BCUT2D eigenvalue weighted by Crippen LogP contribution is -2.02. The molecule has 1 heterocycles. The van der Waals surface area contributed by atoms with Crippen LogP contribution in [0.3, 0.4) is 0 Å². The highest BCUT2D eigenvalue weighted by atomic mass is 35.5. The molecule has 2 N–H and O–H groups in total. The molecule has 1 aromatic heterocycles. The molecule has 2 nitrogen and oxygen atoms in total. The molecule has 1 aromatic rings. The van der Waals surface area contributed by atoms with Gasteiger partial charge in [0, 0.05) is 17.8 Å². The zero-order valence-electron chi connectivity index (χ0n) is 7.22. The lowest BCUT2D eigenvalue weighted by molar-refractivity contribution is 0.797. The van der Waals surface area contributed by atoms with E-state index in [2.05, 4.69) is 11.1 Å². The van der Waals surface area contributed by atoms with Gasteiger partial charge in [0.15, 0.2) is 0 Å². The van der Waals surface area contributed by atoms with Gasteiger partial charge in [-0.1, -0.05) is 6.07 Å². The van der Waals surface area contributed by atoms with Crippen LogP contribution in [0.25, 0.3) is 0 Å². The highest BCUT2D eigenvalue weighted by Crippen LogP contribution is 2.45. The summed E-state index contributed by atoms with van der Waals surface area (Å²) in [5.41, 5.74) is 6.74. The first-order valence-corrected chi connectivity index (χ1v) is 4.03. The predicted octanol–water partition coefficient (Wildman–Crippen LogP) is 1.99. The maximum Gasteiger partial charge on any atom is 0.0437 e. The second-order valence-corrected chi connectivity index (χ2v) is 3.09. The van der Waals surface area contributed by atoms with Crippen LogP contribution in [0.5, 0.6) is 0 Å². The van der Waals surface area contributed by atoms with Crippen LogP contribution in [0.1, 0.15) is 18.0 Å². The van der Waals surface area contributed by atoms with Crippen LogP contribution in [0.4, 0.5) is 0 Å². The lowest BCUT2D eigenvalue weighted by Gasteiger charge is -1.95. The molecule has 0 radical (unpaired) electrons. The van der Waals surface area contributed by atoms with Gasteiger partial charge in [-0.15, -0.1) is 24.8 Å². The number of aromatic nitrogens is 1. The van der Waals surface area contributed by atoms with Crippen molar-refractivity contribution < 1.29 is 0 Å². The van der Waals surface area contributed by atoms with Crippen LogP contribution in [0, 0.1) is 5.92 Å².